The molecule has 1 aromatic carbocycles. The third-order valence-corrected chi connectivity index (χ3v) is 4.36. The van der Waals surface area contributed by atoms with Gasteiger partial charge in [-0.3, -0.25) is 4.79 Å². The first kappa shape index (κ1) is 18.3. The Morgan fingerprint density at radius 3 is 2.46 bits per heavy atom. The van der Waals surface area contributed by atoms with Crippen molar-refractivity contribution in [1.82, 2.24) is 10.2 Å². The molecule has 5 nitrogen and oxygen atoms in total. The van der Waals surface area contributed by atoms with Gasteiger partial charge < -0.3 is 15.5 Å². The zero-order valence-electron chi connectivity index (χ0n) is 14.6. The Balaban J connectivity index is 1.70. The molecule has 5 heteroatoms. The van der Waals surface area contributed by atoms with Gasteiger partial charge >= 0.3 is 6.03 Å². The monoisotopic (exact) mass is 331 g/mol. The van der Waals surface area contributed by atoms with Crippen molar-refractivity contribution in [3.05, 3.63) is 29.8 Å². The third-order valence-electron chi connectivity index (χ3n) is 4.36. The molecule has 1 aliphatic rings. The number of nitrogens with one attached hydrogen (secondary N) is 2. The van der Waals surface area contributed by atoms with E-state index in [2.05, 4.69) is 17.6 Å². The number of unbranched alkanes of at least 4 members (excludes halogenated alkanes) is 2. The first-order valence-corrected chi connectivity index (χ1v) is 9.10. The molecular formula is C19H29N3O2. The molecule has 0 aromatic heterocycles. The van der Waals surface area contributed by atoms with Gasteiger partial charge in [0.25, 0.3) is 0 Å². The van der Waals surface area contributed by atoms with E-state index >= 15 is 0 Å². The highest BCUT2D eigenvalue weighted by atomic mass is 16.2. The zero-order valence-corrected chi connectivity index (χ0v) is 14.6. The molecule has 0 radical (unpaired) electrons. The number of amides is 3. The van der Waals surface area contributed by atoms with Crippen molar-refractivity contribution in [2.45, 2.75) is 51.9 Å². The first-order valence-electron chi connectivity index (χ1n) is 9.10. The summed E-state index contributed by atoms with van der Waals surface area (Å²) in [6.45, 7) is 4.67. The molecule has 2 rings (SSSR count). The lowest BCUT2D eigenvalue weighted by Crippen LogP contribution is -2.29. The van der Waals surface area contributed by atoms with Gasteiger partial charge in [0.05, 0.1) is 0 Å². The van der Waals surface area contributed by atoms with Gasteiger partial charge in [-0.15, -0.1) is 0 Å². The molecule has 1 aromatic rings. The SMILES string of the molecule is CCCCCNC(=O)Nc1ccc(CCC(=O)N2CCCC2)cc1. The Hall–Kier alpha value is -2.04. The van der Waals surface area contributed by atoms with Crippen molar-refractivity contribution in [3.63, 3.8) is 0 Å². The van der Waals surface area contributed by atoms with Crippen LogP contribution in [0, 0.1) is 0 Å². The highest BCUT2D eigenvalue weighted by Crippen LogP contribution is 2.14. The smallest absolute Gasteiger partial charge is 0.319 e. The predicted molar refractivity (Wildman–Crippen MR) is 97.1 cm³/mol. The van der Waals surface area contributed by atoms with Gasteiger partial charge in [-0.2, -0.15) is 0 Å². The molecule has 1 heterocycles. The Bertz CT molecular complexity index is 522. The van der Waals surface area contributed by atoms with Crippen LogP contribution in [-0.4, -0.2) is 36.5 Å². The van der Waals surface area contributed by atoms with Gasteiger partial charge in [-0.05, 0) is 43.4 Å². The molecule has 0 unspecified atom stereocenters. The minimum Gasteiger partial charge on any atom is -0.343 e. The number of hydrogen-bond donors (Lipinski definition) is 2. The maximum absolute atomic E-state index is 12.0. The summed E-state index contributed by atoms with van der Waals surface area (Å²) < 4.78 is 0. The third kappa shape index (κ3) is 6.22. The van der Waals surface area contributed by atoms with Crippen LogP contribution in [0.2, 0.25) is 0 Å². The molecule has 0 spiro atoms. The maximum atomic E-state index is 12.0. The summed E-state index contributed by atoms with van der Waals surface area (Å²) in [6, 6.07) is 7.57. The average molecular weight is 331 g/mol. The number of urea groups is 1. The quantitative estimate of drug-likeness (QED) is 0.716. The van der Waals surface area contributed by atoms with Gasteiger partial charge in [0.15, 0.2) is 0 Å². The van der Waals surface area contributed by atoms with Gasteiger partial charge in [-0.25, -0.2) is 4.79 Å². The van der Waals surface area contributed by atoms with Gasteiger partial charge in [0, 0.05) is 31.7 Å². The number of rotatable bonds is 8. The van der Waals surface area contributed by atoms with Gasteiger partial charge in [-0.1, -0.05) is 31.9 Å². The van der Waals surface area contributed by atoms with Crippen molar-refractivity contribution in [2.75, 3.05) is 25.0 Å². The Labute approximate surface area is 144 Å². The molecule has 0 atom stereocenters. The van der Waals surface area contributed by atoms with Crippen LogP contribution in [-0.2, 0) is 11.2 Å². The van der Waals surface area contributed by atoms with Gasteiger partial charge in [0.1, 0.15) is 0 Å². The number of likely N-dealkylation sites (tertiary alicyclic amines) is 1. The highest BCUT2D eigenvalue weighted by Gasteiger charge is 2.17. The standard InChI is InChI=1S/C19H29N3O2/c1-2-3-4-13-20-19(24)21-17-10-7-16(8-11-17)9-12-18(23)22-14-5-6-15-22/h7-8,10-11H,2-6,9,12-15H2,1H3,(H2,20,21,24). The van der Waals surface area contributed by atoms with Crippen LogP contribution in [0.4, 0.5) is 10.5 Å². The van der Waals surface area contributed by atoms with Gasteiger partial charge in [0.2, 0.25) is 5.91 Å². The van der Waals surface area contributed by atoms with Crippen LogP contribution >= 0.6 is 0 Å². The van der Waals surface area contributed by atoms with Crippen LogP contribution in [0.15, 0.2) is 24.3 Å². The molecule has 2 N–H and O–H groups in total. The fraction of sp³-hybridized carbons (Fsp3) is 0.579. The molecule has 1 saturated heterocycles. The number of anilines is 1. The second-order valence-electron chi connectivity index (χ2n) is 6.37. The summed E-state index contributed by atoms with van der Waals surface area (Å²) >= 11 is 0. The zero-order chi connectivity index (χ0) is 17.2. The summed E-state index contributed by atoms with van der Waals surface area (Å²) in [4.78, 5) is 25.7. The van der Waals surface area contributed by atoms with Crippen molar-refractivity contribution >= 4 is 17.6 Å². The van der Waals surface area contributed by atoms with Crippen LogP contribution in [0.1, 0.15) is 51.0 Å². The van der Waals surface area contributed by atoms with Crippen molar-refractivity contribution in [1.29, 1.82) is 0 Å². The highest BCUT2D eigenvalue weighted by molar-refractivity contribution is 5.89. The van der Waals surface area contributed by atoms with E-state index in [-0.39, 0.29) is 11.9 Å². The number of aryl methyl sites for hydroxylation is 1. The van der Waals surface area contributed by atoms with Crippen molar-refractivity contribution in [2.24, 2.45) is 0 Å². The van der Waals surface area contributed by atoms with Crippen LogP contribution < -0.4 is 10.6 Å². The minimum atomic E-state index is -0.164. The molecule has 0 saturated carbocycles. The van der Waals surface area contributed by atoms with Crippen LogP contribution in [0.5, 0.6) is 0 Å². The molecule has 3 amide bonds. The van der Waals surface area contributed by atoms with E-state index in [1.54, 1.807) is 0 Å². The van der Waals surface area contributed by atoms with E-state index in [4.69, 9.17) is 0 Å². The molecule has 24 heavy (non-hydrogen) atoms. The first-order chi connectivity index (χ1) is 11.7. The molecular weight excluding hydrogens is 302 g/mol. The lowest BCUT2D eigenvalue weighted by molar-refractivity contribution is -0.130. The van der Waals surface area contributed by atoms with E-state index in [1.165, 1.54) is 0 Å². The van der Waals surface area contributed by atoms with Crippen LogP contribution in [0.25, 0.3) is 0 Å². The molecule has 1 aliphatic heterocycles. The maximum Gasteiger partial charge on any atom is 0.319 e. The normalized spacial score (nSPS) is 13.8. The summed E-state index contributed by atoms with van der Waals surface area (Å²) in [7, 11) is 0. The molecule has 132 valence electrons. The predicted octanol–water partition coefficient (Wildman–Crippen LogP) is 3.55. The lowest BCUT2D eigenvalue weighted by atomic mass is 10.1. The van der Waals surface area contributed by atoms with E-state index in [0.29, 0.717) is 13.0 Å². The van der Waals surface area contributed by atoms with Crippen molar-refractivity contribution in [3.8, 4) is 0 Å². The fourth-order valence-electron chi connectivity index (χ4n) is 2.88. The summed E-state index contributed by atoms with van der Waals surface area (Å²) in [5.74, 6) is 0.251. The number of benzene rings is 1. The number of carbonyl (C=O) groups excluding carboxylic acids is 2. The van der Waals surface area contributed by atoms with E-state index in [9.17, 15) is 9.59 Å². The Morgan fingerprint density at radius 1 is 1.08 bits per heavy atom. The van der Waals surface area contributed by atoms with Crippen molar-refractivity contribution < 1.29 is 9.59 Å². The second-order valence-corrected chi connectivity index (χ2v) is 6.37. The Kier molecular flexibility index (Phi) is 7.59. The number of hydrogen-bond acceptors (Lipinski definition) is 2. The molecule has 0 bridgehead atoms. The second kappa shape index (κ2) is 9.96. The lowest BCUT2D eigenvalue weighted by Gasteiger charge is -2.15. The van der Waals surface area contributed by atoms with E-state index in [0.717, 1.165) is 62.9 Å². The molecule has 1 fully saturated rings. The molecule has 0 aliphatic carbocycles. The fourth-order valence-corrected chi connectivity index (χ4v) is 2.88. The van der Waals surface area contributed by atoms with Crippen LogP contribution in [0.3, 0.4) is 0 Å². The number of nitrogens with zero attached hydrogens (tertiary/aromatic N) is 1. The summed E-state index contributed by atoms with van der Waals surface area (Å²) in [5.41, 5.74) is 1.90. The average Bonchev–Trinajstić information content (AvgIpc) is 3.12. The largest absolute Gasteiger partial charge is 0.343 e. The topological polar surface area (TPSA) is 61.4 Å². The summed E-state index contributed by atoms with van der Waals surface area (Å²) in [5, 5.41) is 5.68. The minimum absolute atomic E-state index is 0.164. The summed E-state index contributed by atoms with van der Waals surface area (Å²) in [6.07, 6.45) is 6.85. The number of carbonyl (C=O) groups is 2. The van der Waals surface area contributed by atoms with E-state index in [1.807, 2.05) is 29.2 Å². The Morgan fingerprint density at radius 2 is 1.79 bits per heavy atom. The van der Waals surface area contributed by atoms with E-state index < -0.39 is 0 Å².